The number of hydrogen-bond acceptors (Lipinski definition) is 5. The number of hydrogen-bond donors (Lipinski definition) is 1. The van der Waals surface area contributed by atoms with E-state index in [0.717, 1.165) is 44.2 Å². The van der Waals surface area contributed by atoms with Crippen LogP contribution in [-0.2, 0) is 20.7 Å². The highest BCUT2D eigenvalue weighted by atomic mass is 16.5. The number of benzene rings is 1. The van der Waals surface area contributed by atoms with Crippen LogP contribution < -0.4 is 0 Å². The van der Waals surface area contributed by atoms with Crippen molar-refractivity contribution in [2.75, 3.05) is 19.7 Å². The fraction of sp³-hybridized carbons (Fsp3) is 0.444. The SMILES string of the molecule is O=C(Cc1coc2cc(O)ccc12)OCC(=O)N1CCCCCC1. The van der Waals surface area contributed by atoms with Crippen LogP contribution in [0, 0.1) is 0 Å². The Kier molecular flexibility index (Phi) is 5.03. The number of fused-ring (bicyclic) bond motifs is 1. The van der Waals surface area contributed by atoms with Crippen molar-refractivity contribution >= 4 is 22.8 Å². The highest BCUT2D eigenvalue weighted by Crippen LogP contribution is 2.25. The number of aromatic hydroxyl groups is 1. The monoisotopic (exact) mass is 331 g/mol. The highest BCUT2D eigenvalue weighted by molar-refractivity contribution is 5.87. The van der Waals surface area contributed by atoms with Gasteiger partial charge in [0, 0.05) is 30.1 Å². The van der Waals surface area contributed by atoms with E-state index in [1.165, 1.54) is 18.4 Å². The van der Waals surface area contributed by atoms with Crippen molar-refractivity contribution in [3.63, 3.8) is 0 Å². The number of phenols is 1. The molecule has 1 aliphatic heterocycles. The van der Waals surface area contributed by atoms with Gasteiger partial charge < -0.3 is 19.2 Å². The molecule has 1 saturated heterocycles. The van der Waals surface area contributed by atoms with Gasteiger partial charge in [0.2, 0.25) is 0 Å². The molecule has 2 heterocycles. The molecule has 0 atom stereocenters. The van der Waals surface area contributed by atoms with Gasteiger partial charge in [-0.05, 0) is 25.0 Å². The van der Waals surface area contributed by atoms with Gasteiger partial charge in [0.15, 0.2) is 6.61 Å². The van der Waals surface area contributed by atoms with Crippen molar-refractivity contribution in [3.8, 4) is 5.75 Å². The van der Waals surface area contributed by atoms with Crippen molar-refractivity contribution in [3.05, 3.63) is 30.0 Å². The van der Waals surface area contributed by atoms with Gasteiger partial charge in [-0.2, -0.15) is 0 Å². The van der Waals surface area contributed by atoms with Crippen molar-refractivity contribution in [2.45, 2.75) is 32.1 Å². The molecule has 0 bridgehead atoms. The van der Waals surface area contributed by atoms with Crippen LogP contribution in [-0.4, -0.2) is 41.6 Å². The third-order valence-corrected chi connectivity index (χ3v) is 4.29. The number of nitrogens with zero attached hydrogens (tertiary/aromatic N) is 1. The number of amides is 1. The average Bonchev–Trinajstić information content (AvgIpc) is 2.78. The topological polar surface area (TPSA) is 80.0 Å². The second-order valence-electron chi connectivity index (χ2n) is 6.07. The molecular weight excluding hydrogens is 310 g/mol. The van der Waals surface area contributed by atoms with E-state index < -0.39 is 5.97 Å². The summed E-state index contributed by atoms with van der Waals surface area (Å²) in [6.45, 7) is 1.27. The summed E-state index contributed by atoms with van der Waals surface area (Å²) in [5.41, 5.74) is 1.19. The van der Waals surface area contributed by atoms with Gasteiger partial charge in [-0.3, -0.25) is 9.59 Å². The number of likely N-dealkylation sites (tertiary alicyclic amines) is 1. The molecule has 128 valence electrons. The predicted molar refractivity (Wildman–Crippen MR) is 87.6 cm³/mol. The van der Waals surface area contributed by atoms with Crippen LogP contribution in [0.2, 0.25) is 0 Å². The van der Waals surface area contributed by atoms with Gasteiger partial charge in [0.05, 0.1) is 12.7 Å². The quantitative estimate of drug-likeness (QED) is 0.871. The van der Waals surface area contributed by atoms with E-state index in [1.807, 2.05) is 0 Å². The molecule has 0 saturated carbocycles. The number of ether oxygens (including phenoxy) is 1. The van der Waals surface area contributed by atoms with E-state index in [4.69, 9.17) is 9.15 Å². The number of carbonyl (C=O) groups excluding carboxylic acids is 2. The lowest BCUT2D eigenvalue weighted by molar-refractivity contribution is -0.151. The summed E-state index contributed by atoms with van der Waals surface area (Å²) in [4.78, 5) is 25.9. The van der Waals surface area contributed by atoms with Crippen molar-refractivity contribution in [2.24, 2.45) is 0 Å². The zero-order valence-corrected chi connectivity index (χ0v) is 13.5. The van der Waals surface area contributed by atoms with Crippen molar-refractivity contribution in [1.82, 2.24) is 4.90 Å². The Morgan fingerprint density at radius 3 is 2.67 bits per heavy atom. The first kappa shape index (κ1) is 16.4. The summed E-state index contributed by atoms with van der Waals surface area (Å²) >= 11 is 0. The highest BCUT2D eigenvalue weighted by Gasteiger charge is 2.18. The normalized spacial score (nSPS) is 15.2. The molecule has 2 aromatic rings. The number of esters is 1. The lowest BCUT2D eigenvalue weighted by atomic mass is 10.1. The summed E-state index contributed by atoms with van der Waals surface area (Å²) in [6.07, 6.45) is 5.81. The summed E-state index contributed by atoms with van der Waals surface area (Å²) in [5.74, 6) is -0.491. The van der Waals surface area contributed by atoms with E-state index in [-0.39, 0.29) is 24.7 Å². The molecule has 0 unspecified atom stereocenters. The van der Waals surface area contributed by atoms with E-state index in [2.05, 4.69) is 0 Å². The number of furan rings is 1. The molecule has 24 heavy (non-hydrogen) atoms. The summed E-state index contributed by atoms with van der Waals surface area (Å²) < 4.78 is 10.4. The molecule has 6 heteroatoms. The largest absolute Gasteiger partial charge is 0.508 e. The molecular formula is C18H21NO5. The van der Waals surface area contributed by atoms with Crippen LogP contribution in [0.3, 0.4) is 0 Å². The fourth-order valence-electron chi connectivity index (χ4n) is 2.97. The molecule has 1 fully saturated rings. The first-order valence-corrected chi connectivity index (χ1v) is 8.26. The standard InChI is InChI=1S/C18H21NO5/c20-14-5-6-15-13(11-23-16(15)10-14)9-18(22)24-12-17(21)19-7-3-1-2-4-8-19/h5-6,10-11,20H,1-4,7-9,12H2. The summed E-state index contributed by atoms with van der Waals surface area (Å²) in [6, 6.07) is 4.72. The number of phenolic OH excluding ortho intramolecular Hbond substituents is 1. The zero-order chi connectivity index (χ0) is 16.9. The minimum atomic E-state index is -0.464. The Hall–Kier alpha value is -2.50. The third kappa shape index (κ3) is 3.88. The molecule has 0 radical (unpaired) electrons. The fourth-order valence-corrected chi connectivity index (χ4v) is 2.97. The summed E-state index contributed by atoms with van der Waals surface area (Å²) in [7, 11) is 0. The maximum Gasteiger partial charge on any atom is 0.310 e. The molecule has 1 aromatic heterocycles. The van der Waals surface area contributed by atoms with Gasteiger partial charge in [-0.25, -0.2) is 0 Å². The molecule has 1 aliphatic rings. The van der Waals surface area contributed by atoms with Crippen LogP contribution in [0.4, 0.5) is 0 Å². The van der Waals surface area contributed by atoms with Crippen LogP contribution in [0.1, 0.15) is 31.2 Å². The molecule has 1 N–H and O–H groups in total. The number of carbonyl (C=O) groups is 2. The Labute approximate surface area is 140 Å². The lowest BCUT2D eigenvalue weighted by Crippen LogP contribution is -2.35. The Morgan fingerprint density at radius 1 is 1.17 bits per heavy atom. The second-order valence-corrected chi connectivity index (χ2v) is 6.07. The Bertz CT molecular complexity index is 728. The Morgan fingerprint density at radius 2 is 1.92 bits per heavy atom. The minimum Gasteiger partial charge on any atom is -0.508 e. The van der Waals surface area contributed by atoms with Gasteiger partial charge in [0.25, 0.3) is 5.91 Å². The average molecular weight is 331 g/mol. The molecule has 1 amide bonds. The van der Waals surface area contributed by atoms with Crippen LogP contribution >= 0.6 is 0 Å². The van der Waals surface area contributed by atoms with E-state index in [0.29, 0.717) is 11.1 Å². The smallest absolute Gasteiger partial charge is 0.310 e. The molecule has 0 aliphatic carbocycles. The predicted octanol–water partition coefficient (Wildman–Crippen LogP) is 2.63. The van der Waals surface area contributed by atoms with Crippen molar-refractivity contribution in [1.29, 1.82) is 0 Å². The van der Waals surface area contributed by atoms with Crippen LogP contribution in [0.5, 0.6) is 5.75 Å². The first-order chi connectivity index (χ1) is 11.6. The van der Waals surface area contributed by atoms with Crippen LogP contribution in [0.15, 0.2) is 28.9 Å². The van der Waals surface area contributed by atoms with Gasteiger partial charge in [0.1, 0.15) is 11.3 Å². The van der Waals surface area contributed by atoms with E-state index >= 15 is 0 Å². The maximum absolute atomic E-state index is 12.1. The summed E-state index contributed by atoms with van der Waals surface area (Å²) in [5, 5.41) is 10.2. The second kappa shape index (κ2) is 7.38. The van der Waals surface area contributed by atoms with E-state index in [1.54, 1.807) is 11.0 Å². The van der Waals surface area contributed by atoms with Gasteiger partial charge in [-0.15, -0.1) is 0 Å². The molecule has 6 nitrogen and oxygen atoms in total. The number of rotatable bonds is 4. The van der Waals surface area contributed by atoms with Crippen LogP contribution in [0.25, 0.3) is 11.0 Å². The minimum absolute atomic E-state index is 0.0328. The van der Waals surface area contributed by atoms with Crippen molar-refractivity contribution < 1.29 is 23.8 Å². The van der Waals surface area contributed by atoms with E-state index in [9.17, 15) is 14.7 Å². The zero-order valence-electron chi connectivity index (χ0n) is 13.5. The molecule has 3 rings (SSSR count). The lowest BCUT2D eigenvalue weighted by Gasteiger charge is -2.19. The Balaban J connectivity index is 1.54. The molecule has 0 spiro atoms. The van der Waals surface area contributed by atoms with Gasteiger partial charge >= 0.3 is 5.97 Å². The molecule has 1 aromatic carbocycles. The maximum atomic E-state index is 12.1. The first-order valence-electron chi connectivity index (χ1n) is 8.26. The third-order valence-electron chi connectivity index (χ3n) is 4.29. The van der Waals surface area contributed by atoms with Gasteiger partial charge in [-0.1, -0.05) is 12.8 Å².